The highest BCUT2D eigenvalue weighted by Crippen LogP contribution is 2.30. The Hall–Kier alpha value is -2.44. The monoisotopic (exact) mass is 313 g/mol. The van der Waals surface area contributed by atoms with Crippen molar-refractivity contribution in [2.75, 3.05) is 0 Å². The van der Waals surface area contributed by atoms with E-state index in [0.29, 0.717) is 5.56 Å². The molecular weight excluding hydrogens is 298 g/mol. The molecule has 1 aliphatic rings. The lowest BCUT2D eigenvalue weighted by molar-refractivity contribution is 0.570. The van der Waals surface area contributed by atoms with Crippen molar-refractivity contribution >= 4 is 22.1 Å². The molecule has 6 heteroatoms. The smallest absolute Gasteiger partial charge is 0.322 e. The zero-order chi connectivity index (χ0) is 15.6. The topological polar surface area (TPSA) is 84.5 Å². The molecule has 3 rings (SSSR count). The SMILES string of the molecule is NC1=NS(=O)(=O)N[C@@]1(/C=C/c1ccccc1)c1ccccc1. The third-order valence-electron chi connectivity index (χ3n) is 3.47. The van der Waals surface area contributed by atoms with Crippen LogP contribution in [0.1, 0.15) is 11.1 Å². The Morgan fingerprint density at radius 3 is 2.14 bits per heavy atom. The quantitative estimate of drug-likeness (QED) is 0.906. The molecule has 0 radical (unpaired) electrons. The van der Waals surface area contributed by atoms with Crippen LogP contribution in [0.4, 0.5) is 0 Å². The van der Waals surface area contributed by atoms with Gasteiger partial charge < -0.3 is 5.73 Å². The fraction of sp³-hybridized carbons (Fsp3) is 0.0625. The summed E-state index contributed by atoms with van der Waals surface area (Å²) in [6, 6.07) is 18.7. The van der Waals surface area contributed by atoms with Gasteiger partial charge in [0.2, 0.25) is 0 Å². The number of hydrogen-bond donors (Lipinski definition) is 2. The van der Waals surface area contributed by atoms with Crippen molar-refractivity contribution in [1.82, 2.24) is 4.72 Å². The second kappa shape index (κ2) is 5.40. The van der Waals surface area contributed by atoms with Gasteiger partial charge in [-0.1, -0.05) is 72.8 Å². The average molecular weight is 313 g/mol. The van der Waals surface area contributed by atoms with Crippen LogP contribution in [0.5, 0.6) is 0 Å². The van der Waals surface area contributed by atoms with Gasteiger partial charge in [0.1, 0.15) is 11.4 Å². The molecule has 0 saturated carbocycles. The standard InChI is InChI=1S/C16H15N3O2S/c17-15-16(19-22(20,21)18-15,14-9-5-2-6-10-14)12-11-13-7-3-1-4-8-13/h1-12,19H,(H2,17,18)/b12-11+/t16-/m0/s1. The summed E-state index contributed by atoms with van der Waals surface area (Å²) in [5, 5.41) is 0. The van der Waals surface area contributed by atoms with Gasteiger partial charge in [-0.05, 0) is 11.1 Å². The number of nitrogens with one attached hydrogen (secondary N) is 1. The minimum absolute atomic E-state index is 0.00545. The van der Waals surface area contributed by atoms with Gasteiger partial charge in [-0.2, -0.15) is 13.1 Å². The number of hydrogen-bond acceptors (Lipinski definition) is 3. The number of benzene rings is 2. The van der Waals surface area contributed by atoms with Crippen molar-refractivity contribution in [3.8, 4) is 0 Å². The van der Waals surface area contributed by atoms with E-state index in [1.807, 2.05) is 66.7 Å². The second-order valence-corrected chi connectivity index (χ2v) is 6.31. The van der Waals surface area contributed by atoms with Gasteiger partial charge in [-0.3, -0.25) is 0 Å². The number of nitrogens with two attached hydrogens (primary N) is 1. The summed E-state index contributed by atoms with van der Waals surface area (Å²) in [5.41, 5.74) is 6.44. The highest BCUT2D eigenvalue weighted by Gasteiger charge is 2.43. The molecule has 0 fully saturated rings. The Morgan fingerprint density at radius 2 is 1.59 bits per heavy atom. The predicted molar refractivity (Wildman–Crippen MR) is 87.3 cm³/mol. The van der Waals surface area contributed by atoms with E-state index in [0.717, 1.165) is 5.56 Å². The highest BCUT2D eigenvalue weighted by atomic mass is 32.2. The fourth-order valence-corrected chi connectivity index (χ4v) is 3.53. The second-order valence-electron chi connectivity index (χ2n) is 4.97. The van der Waals surface area contributed by atoms with E-state index >= 15 is 0 Å². The Kier molecular flexibility index (Phi) is 3.56. The van der Waals surface area contributed by atoms with Crippen LogP contribution in [0, 0.1) is 0 Å². The molecule has 0 aliphatic carbocycles. The van der Waals surface area contributed by atoms with Crippen molar-refractivity contribution in [3.05, 3.63) is 77.9 Å². The van der Waals surface area contributed by atoms with Crippen LogP contribution in [0.2, 0.25) is 0 Å². The molecule has 2 aromatic carbocycles. The maximum Gasteiger partial charge on any atom is 0.322 e. The maximum atomic E-state index is 11.8. The predicted octanol–water partition coefficient (Wildman–Crippen LogP) is 1.80. The molecule has 22 heavy (non-hydrogen) atoms. The zero-order valence-electron chi connectivity index (χ0n) is 11.7. The van der Waals surface area contributed by atoms with E-state index in [2.05, 4.69) is 9.12 Å². The third-order valence-corrected chi connectivity index (χ3v) is 4.48. The fourth-order valence-electron chi connectivity index (χ4n) is 2.39. The molecule has 5 nitrogen and oxygen atoms in total. The van der Waals surface area contributed by atoms with Crippen LogP contribution in [0.15, 0.2) is 71.1 Å². The molecule has 0 saturated heterocycles. The number of nitrogens with zero attached hydrogens (tertiary/aromatic N) is 1. The summed E-state index contributed by atoms with van der Waals surface area (Å²) in [6.07, 6.45) is 3.55. The van der Waals surface area contributed by atoms with E-state index in [-0.39, 0.29) is 5.84 Å². The van der Waals surface area contributed by atoms with Crippen LogP contribution in [-0.4, -0.2) is 14.3 Å². The summed E-state index contributed by atoms with van der Waals surface area (Å²) in [6.45, 7) is 0. The largest absolute Gasteiger partial charge is 0.384 e. The Balaban J connectivity index is 2.10. The first-order chi connectivity index (χ1) is 10.5. The lowest BCUT2D eigenvalue weighted by Gasteiger charge is -2.25. The van der Waals surface area contributed by atoms with Crippen molar-refractivity contribution in [2.45, 2.75) is 5.54 Å². The Labute approximate surface area is 129 Å². The first-order valence-electron chi connectivity index (χ1n) is 6.71. The summed E-state index contributed by atoms with van der Waals surface area (Å²) in [4.78, 5) is 0. The van der Waals surface area contributed by atoms with E-state index in [1.165, 1.54) is 0 Å². The summed E-state index contributed by atoms with van der Waals surface area (Å²) in [7, 11) is -3.79. The van der Waals surface area contributed by atoms with Gasteiger partial charge in [-0.15, -0.1) is 4.40 Å². The molecule has 0 aromatic heterocycles. The van der Waals surface area contributed by atoms with Gasteiger partial charge in [-0.25, -0.2) is 0 Å². The Morgan fingerprint density at radius 1 is 1.00 bits per heavy atom. The molecule has 1 heterocycles. The van der Waals surface area contributed by atoms with Crippen molar-refractivity contribution in [3.63, 3.8) is 0 Å². The van der Waals surface area contributed by atoms with Crippen LogP contribution < -0.4 is 10.5 Å². The lowest BCUT2D eigenvalue weighted by atomic mass is 9.89. The van der Waals surface area contributed by atoms with Crippen LogP contribution in [0.25, 0.3) is 6.08 Å². The number of rotatable bonds is 3. The Bertz CT molecular complexity index is 830. The van der Waals surface area contributed by atoms with Gasteiger partial charge in [0.25, 0.3) is 0 Å². The first-order valence-corrected chi connectivity index (χ1v) is 8.15. The summed E-state index contributed by atoms with van der Waals surface area (Å²) >= 11 is 0. The van der Waals surface area contributed by atoms with Gasteiger partial charge in [0, 0.05) is 0 Å². The zero-order valence-corrected chi connectivity index (χ0v) is 12.5. The summed E-state index contributed by atoms with van der Waals surface area (Å²) in [5.74, 6) is 0.00545. The highest BCUT2D eigenvalue weighted by molar-refractivity contribution is 7.88. The molecule has 0 unspecified atom stereocenters. The van der Waals surface area contributed by atoms with E-state index in [1.54, 1.807) is 6.08 Å². The van der Waals surface area contributed by atoms with E-state index in [9.17, 15) is 8.42 Å². The number of amidine groups is 1. The van der Waals surface area contributed by atoms with Crippen molar-refractivity contribution in [1.29, 1.82) is 0 Å². The van der Waals surface area contributed by atoms with Gasteiger partial charge in [0.15, 0.2) is 0 Å². The maximum absolute atomic E-state index is 11.8. The van der Waals surface area contributed by atoms with Crippen LogP contribution in [0.3, 0.4) is 0 Å². The van der Waals surface area contributed by atoms with E-state index in [4.69, 9.17) is 5.73 Å². The minimum atomic E-state index is -3.79. The molecule has 112 valence electrons. The molecule has 1 atom stereocenters. The molecule has 0 spiro atoms. The molecule has 0 bridgehead atoms. The molecular formula is C16H15N3O2S. The molecule has 3 N–H and O–H groups in total. The van der Waals surface area contributed by atoms with Gasteiger partial charge in [0.05, 0.1) is 0 Å². The normalized spacial score (nSPS) is 23.5. The van der Waals surface area contributed by atoms with Crippen LogP contribution >= 0.6 is 0 Å². The molecule has 0 amide bonds. The van der Waals surface area contributed by atoms with E-state index < -0.39 is 15.7 Å². The average Bonchev–Trinajstić information content (AvgIpc) is 2.77. The first kappa shape index (κ1) is 14.5. The third kappa shape index (κ3) is 2.66. The lowest BCUT2D eigenvalue weighted by Crippen LogP contribution is -2.47. The molecule has 1 aliphatic heterocycles. The summed E-state index contributed by atoms with van der Waals surface area (Å²) < 4.78 is 29.8. The van der Waals surface area contributed by atoms with Gasteiger partial charge >= 0.3 is 10.2 Å². The van der Waals surface area contributed by atoms with Crippen LogP contribution in [-0.2, 0) is 15.7 Å². The molecule has 2 aromatic rings. The minimum Gasteiger partial charge on any atom is -0.384 e. The van der Waals surface area contributed by atoms with Crippen molar-refractivity contribution in [2.24, 2.45) is 10.1 Å². The van der Waals surface area contributed by atoms with Crippen molar-refractivity contribution < 1.29 is 8.42 Å².